The Morgan fingerprint density at radius 3 is 2.80 bits per heavy atom. The van der Waals surface area contributed by atoms with Gasteiger partial charge in [0.2, 0.25) is 0 Å². The maximum absolute atomic E-state index is 12.9. The fourth-order valence-electron chi connectivity index (χ4n) is 3.44. The Kier molecular flexibility index (Phi) is 4.92. The van der Waals surface area contributed by atoms with E-state index in [1.807, 2.05) is 4.90 Å². The summed E-state index contributed by atoms with van der Waals surface area (Å²) in [4.78, 5) is 17.7. The number of hydrogen-bond acceptors (Lipinski definition) is 2. The minimum atomic E-state index is -4.74. The highest BCUT2D eigenvalue weighted by Crippen LogP contribution is 2.28. The number of likely N-dealkylation sites (tertiary alicyclic amines) is 1. The van der Waals surface area contributed by atoms with Gasteiger partial charge in [0.25, 0.3) is 5.91 Å². The number of aromatic amines is 1. The molecule has 25 heavy (non-hydrogen) atoms. The molecule has 0 spiro atoms. The van der Waals surface area contributed by atoms with Gasteiger partial charge in [-0.15, -0.1) is 13.2 Å². The molecule has 4 nitrogen and oxygen atoms in total. The number of carbonyl (C=O) groups is 1. The van der Waals surface area contributed by atoms with Gasteiger partial charge < -0.3 is 14.6 Å². The Balaban J connectivity index is 1.86. The van der Waals surface area contributed by atoms with Gasteiger partial charge in [0.1, 0.15) is 11.4 Å². The van der Waals surface area contributed by atoms with Crippen molar-refractivity contribution in [3.8, 4) is 5.75 Å². The third kappa shape index (κ3) is 4.08. The van der Waals surface area contributed by atoms with Gasteiger partial charge in [-0.05, 0) is 37.5 Å². The van der Waals surface area contributed by atoms with E-state index in [-0.39, 0.29) is 17.7 Å². The zero-order chi connectivity index (χ0) is 18.0. The predicted octanol–water partition coefficient (Wildman–Crippen LogP) is 4.86. The second-order valence-electron chi connectivity index (χ2n) is 6.39. The topological polar surface area (TPSA) is 45.3 Å². The number of ether oxygens (including phenoxy) is 1. The summed E-state index contributed by atoms with van der Waals surface area (Å²) in [5.41, 5.74) is 0.854. The number of alkyl halides is 3. The second-order valence-corrected chi connectivity index (χ2v) is 6.39. The molecule has 0 aliphatic carbocycles. The molecule has 0 unspecified atom stereocenters. The first-order valence-corrected chi connectivity index (χ1v) is 8.57. The number of benzene rings is 1. The minimum Gasteiger partial charge on any atom is -0.406 e. The third-order valence-electron chi connectivity index (χ3n) is 4.67. The normalized spacial score (nSPS) is 19.0. The van der Waals surface area contributed by atoms with Crippen LogP contribution >= 0.6 is 0 Å². The van der Waals surface area contributed by atoms with Gasteiger partial charge >= 0.3 is 6.36 Å². The number of halogens is 3. The maximum Gasteiger partial charge on any atom is 0.573 e. The van der Waals surface area contributed by atoms with Crippen molar-refractivity contribution in [2.75, 3.05) is 6.54 Å². The smallest absolute Gasteiger partial charge is 0.406 e. The van der Waals surface area contributed by atoms with Crippen LogP contribution < -0.4 is 4.74 Å². The lowest BCUT2D eigenvalue weighted by molar-refractivity contribution is -0.274. The number of aromatic nitrogens is 1. The molecule has 2 aromatic rings. The van der Waals surface area contributed by atoms with E-state index in [1.165, 1.54) is 18.2 Å². The van der Waals surface area contributed by atoms with Crippen molar-refractivity contribution in [2.45, 2.75) is 51.4 Å². The molecule has 7 heteroatoms. The van der Waals surface area contributed by atoms with E-state index in [2.05, 4.69) is 16.6 Å². The van der Waals surface area contributed by atoms with Crippen LogP contribution in [0.4, 0.5) is 13.2 Å². The number of hydrogen-bond donors (Lipinski definition) is 1. The highest BCUT2D eigenvalue weighted by Gasteiger charge is 2.31. The average Bonchev–Trinajstić information content (AvgIpc) is 2.81. The fourth-order valence-corrected chi connectivity index (χ4v) is 3.44. The van der Waals surface area contributed by atoms with Gasteiger partial charge in [0.15, 0.2) is 0 Å². The molecule has 136 valence electrons. The van der Waals surface area contributed by atoms with Crippen molar-refractivity contribution >= 4 is 16.8 Å². The second kappa shape index (κ2) is 6.98. The van der Waals surface area contributed by atoms with Crippen LogP contribution in [-0.2, 0) is 0 Å². The number of nitrogens with one attached hydrogen (secondary N) is 1. The number of H-pyrrole nitrogens is 1. The highest BCUT2D eigenvalue weighted by atomic mass is 19.4. The van der Waals surface area contributed by atoms with E-state index < -0.39 is 6.36 Å². The Bertz CT molecular complexity index is 754. The molecule has 2 heterocycles. The summed E-state index contributed by atoms with van der Waals surface area (Å²) >= 11 is 0. The molecule has 1 aliphatic heterocycles. The van der Waals surface area contributed by atoms with E-state index >= 15 is 0 Å². The molecule has 0 bridgehead atoms. The van der Waals surface area contributed by atoms with Crippen LogP contribution in [0.5, 0.6) is 5.75 Å². The van der Waals surface area contributed by atoms with Gasteiger partial charge in [-0.3, -0.25) is 4.79 Å². The molecule has 1 aromatic carbocycles. The zero-order valence-electron chi connectivity index (χ0n) is 14.0. The Hall–Kier alpha value is -2.18. The van der Waals surface area contributed by atoms with Crippen molar-refractivity contribution in [3.05, 3.63) is 30.0 Å². The van der Waals surface area contributed by atoms with Crippen LogP contribution in [0.3, 0.4) is 0 Å². The summed E-state index contributed by atoms with van der Waals surface area (Å²) in [7, 11) is 0. The van der Waals surface area contributed by atoms with Gasteiger partial charge in [-0.25, -0.2) is 0 Å². The number of fused-ring (bicyclic) bond motifs is 1. The molecule has 3 rings (SSSR count). The Labute approximate surface area is 143 Å². The first kappa shape index (κ1) is 17.6. The number of amides is 1. The summed E-state index contributed by atoms with van der Waals surface area (Å²) in [6.07, 6.45) is 0.366. The van der Waals surface area contributed by atoms with E-state index in [0.717, 1.165) is 38.6 Å². The molecule has 1 amide bonds. The largest absolute Gasteiger partial charge is 0.573 e. The quantitative estimate of drug-likeness (QED) is 0.855. The van der Waals surface area contributed by atoms with Crippen LogP contribution in [0.25, 0.3) is 10.9 Å². The number of carbonyl (C=O) groups excluding carboxylic acids is 1. The number of nitrogens with zero attached hydrogens (tertiary/aromatic N) is 1. The lowest BCUT2D eigenvalue weighted by Crippen LogP contribution is -2.39. The van der Waals surface area contributed by atoms with Gasteiger partial charge in [0.05, 0.1) is 0 Å². The highest BCUT2D eigenvalue weighted by molar-refractivity contribution is 5.98. The van der Waals surface area contributed by atoms with Crippen molar-refractivity contribution in [1.29, 1.82) is 0 Å². The molecular formula is C18H21F3N2O2. The lowest BCUT2D eigenvalue weighted by atomic mass is 10.1. The van der Waals surface area contributed by atoms with Crippen molar-refractivity contribution in [3.63, 3.8) is 0 Å². The maximum atomic E-state index is 12.9. The van der Waals surface area contributed by atoms with Crippen molar-refractivity contribution < 1.29 is 22.7 Å². The molecule has 1 atom stereocenters. The molecule has 1 aliphatic rings. The first-order chi connectivity index (χ1) is 11.9. The van der Waals surface area contributed by atoms with Crippen LogP contribution in [0.1, 0.15) is 49.5 Å². The van der Waals surface area contributed by atoms with E-state index in [4.69, 9.17) is 0 Å². The van der Waals surface area contributed by atoms with Gasteiger partial charge in [-0.2, -0.15) is 0 Å². The summed E-state index contributed by atoms with van der Waals surface area (Å²) in [6, 6.07) is 5.93. The molecule has 1 saturated heterocycles. The SMILES string of the molecule is CC[C@@H]1CCCCCN1C(=O)c1cc2ccc(OC(F)(F)F)cc2[nH]1. The average molecular weight is 354 g/mol. The fraction of sp³-hybridized carbons (Fsp3) is 0.500. The summed E-state index contributed by atoms with van der Waals surface area (Å²) in [5.74, 6) is -0.398. The molecule has 1 fully saturated rings. The van der Waals surface area contributed by atoms with Crippen molar-refractivity contribution in [2.24, 2.45) is 0 Å². The predicted molar refractivity (Wildman–Crippen MR) is 88.6 cm³/mol. The molecule has 0 saturated carbocycles. The first-order valence-electron chi connectivity index (χ1n) is 8.57. The standard InChI is InChI=1S/C18H21F3N2O2/c1-2-13-6-4-3-5-9-23(13)17(24)16-10-12-7-8-14(11-15(12)22-16)25-18(19,20)21/h7-8,10-11,13,22H,2-6,9H2,1H3/t13-/m1/s1. The zero-order valence-corrected chi connectivity index (χ0v) is 14.0. The molecule has 1 aromatic heterocycles. The van der Waals surface area contributed by atoms with Crippen LogP contribution in [-0.4, -0.2) is 34.7 Å². The van der Waals surface area contributed by atoms with E-state index in [1.54, 1.807) is 6.07 Å². The Morgan fingerprint density at radius 1 is 1.28 bits per heavy atom. The van der Waals surface area contributed by atoms with Crippen LogP contribution in [0.2, 0.25) is 0 Å². The van der Waals surface area contributed by atoms with Gasteiger partial charge in [0, 0.05) is 29.6 Å². The lowest BCUT2D eigenvalue weighted by Gasteiger charge is -2.28. The third-order valence-corrected chi connectivity index (χ3v) is 4.67. The molecule has 1 N–H and O–H groups in total. The molecule has 0 radical (unpaired) electrons. The minimum absolute atomic E-state index is 0.0942. The summed E-state index contributed by atoms with van der Waals surface area (Å²) in [6.45, 7) is 2.79. The van der Waals surface area contributed by atoms with E-state index in [9.17, 15) is 18.0 Å². The van der Waals surface area contributed by atoms with Crippen LogP contribution in [0, 0.1) is 0 Å². The Morgan fingerprint density at radius 2 is 2.08 bits per heavy atom. The summed E-state index contributed by atoms with van der Waals surface area (Å²) < 4.78 is 41.0. The van der Waals surface area contributed by atoms with Crippen molar-refractivity contribution in [1.82, 2.24) is 9.88 Å². The number of rotatable bonds is 3. The van der Waals surface area contributed by atoms with E-state index in [0.29, 0.717) is 16.6 Å². The monoisotopic (exact) mass is 354 g/mol. The summed E-state index contributed by atoms with van der Waals surface area (Å²) in [5, 5.41) is 0.681. The van der Waals surface area contributed by atoms with Crippen LogP contribution in [0.15, 0.2) is 24.3 Å². The van der Waals surface area contributed by atoms with Gasteiger partial charge in [-0.1, -0.05) is 19.8 Å². The molecular weight excluding hydrogens is 333 g/mol.